The largest absolute Gasteiger partial charge is 0.469 e. The fraction of sp³-hybridized carbons (Fsp3) is 0.286. The summed E-state index contributed by atoms with van der Waals surface area (Å²) in [6.45, 7) is 0. The van der Waals surface area contributed by atoms with Crippen LogP contribution in [-0.4, -0.2) is 8.42 Å². The summed E-state index contributed by atoms with van der Waals surface area (Å²) in [6.07, 6.45) is 4.53. The third kappa shape index (κ3) is 2.92. The average Bonchev–Trinajstić information content (AvgIpc) is 2.89. The second-order valence-corrected chi connectivity index (χ2v) is 7.04. The number of primary sulfonamides is 1. The van der Waals surface area contributed by atoms with Crippen LogP contribution in [-0.2, 0) is 16.4 Å². The third-order valence-electron chi connectivity index (χ3n) is 3.65. The van der Waals surface area contributed by atoms with Gasteiger partial charge < -0.3 is 9.73 Å². The number of halogens is 1. The van der Waals surface area contributed by atoms with Crippen molar-refractivity contribution in [2.24, 2.45) is 5.14 Å². The molecule has 0 aliphatic heterocycles. The fourth-order valence-corrected chi connectivity index (χ4v) is 3.33. The minimum Gasteiger partial charge on any atom is -0.469 e. The molecule has 21 heavy (non-hydrogen) atoms. The predicted octanol–water partition coefficient (Wildman–Crippen LogP) is 3.07. The summed E-state index contributed by atoms with van der Waals surface area (Å²) in [5, 5.41) is 8.90. The number of hydrogen-bond acceptors (Lipinski definition) is 4. The Morgan fingerprint density at radius 3 is 2.90 bits per heavy atom. The van der Waals surface area contributed by atoms with Crippen molar-refractivity contribution in [1.29, 1.82) is 0 Å². The second-order valence-electron chi connectivity index (χ2n) is 5.07. The molecular formula is C14H15ClN2O3S. The first kappa shape index (κ1) is 14.4. The number of aryl methyl sites for hydroxylation is 1. The number of rotatable bonds is 3. The van der Waals surface area contributed by atoms with E-state index in [1.807, 2.05) is 6.07 Å². The van der Waals surface area contributed by atoms with Crippen LogP contribution in [0, 0.1) is 0 Å². The Labute approximate surface area is 128 Å². The number of sulfonamides is 1. The van der Waals surface area contributed by atoms with Crippen LogP contribution in [0.4, 0.5) is 5.69 Å². The van der Waals surface area contributed by atoms with Crippen LogP contribution >= 0.6 is 11.6 Å². The van der Waals surface area contributed by atoms with Gasteiger partial charge in [-0.25, -0.2) is 13.6 Å². The molecule has 1 aromatic carbocycles. The molecule has 3 rings (SSSR count). The van der Waals surface area contributed by atoms with E-state index in [1.165, 1.54) is 18.2 Å². The van der Waals surface area contributed by atoms with Crippen LogP contribution in [0.1, 0.15) is 30.2 Å². The number of nitrogens with two attached hydrogens (primary N) is 1. The van der Waals surface area contributed by atoms with Crippen LogP contribution in [0.5, 0.6) is 0 Å². The molecule has 1 atom stereocenters. The highest BCUT2D eigenvalue weighted by molar-refractivity contribution is 7.89. The molecule has 5 nitrogen and oxygen atoms in total. The molecule has 3 N–H and O–H groups in total. The first-order valence-electron chi connectivity index (χ1n) is 6.60. The number of furan rings is 1. The van der Waals surface area contributed by atoms with E-state index >= 15 is 0 Å². The molecule has 0 amide bonds. The highest BCUT2D eigenvalue weighted by atomic mass is 35.5. The fourth-order valence-electron chi connectivity index (χ4n) is 2.62. The number of fused-ring (bicyclic) bond motifs is 1. The van der Waals surface area contributed by atoms with E-state index in [4.69, 9.17) is 21.2 Å². The standard InChI is InChI=1S/C14H15ClN2O3S/c15-11-5-4-9(21(16,18)19)8-13(11)17-12-2-1-3-14-10(12)6-7-20-14/h4-8,12,17H,1-3H2,(H2,16,18,19). The molecule has 0 fully saturated rings. The van der Waals surface area contributed by atoms with Crippen molar-refractivity contribution in [2.45, 2.75) is 30.2 Å². The molecule has 1 unspecified atom stereocenters. The maximum Gasteiger partial charge on any atom is 0.238 e. The first-order chi connectivity index (χ1) is 9.95. The van der Waals surface area contributed by atoms with Crippen LogP contribution < -0.4 is 10.5 Å². The summed E-state index contributed by atoms with van der Waals surface area (Å²) in [6, 6.07) is 6.38. The van der Waals surface area contributed by atoms with Gasteiger partial charge in [-0.15, -0.1) is 0 Å². The Morgan fingerprint density at radius 1 is 1.33 bits per heavy atom. The first-order valence-corrected chi connectivity index (χ1v) is 8.53. The van der Waals surface area contributed by atoms with Crippen molar-refractivity contribution in [1.82, 2.24) is 0 Å². The molecular weight excluding hydrogens is 312 g/mol. The van der Waals surface area contributed by atoms with Gasteiger partial charge in [0.25, 0.3) is 0 Å². The maximum atomic E-state index is 11.4. The molecule has 112 valence electrons. The maximum absolute atomic E-state index is 11.4. The SMILES string of the molecule is NS(=O)(=O)c1ccc(Cl)c(NC2CCCc3occc32)c1. The van der Waals surface area contributed by atoms with Gasteiger partial charge in [0.1, 0.15) is 5.76 Å². The van der Waals surface area contributed by atoms with E-state index in [-0.39, 0.29) is 10.9 Å². The lowest BCUT2D eigenvalue weighted by molar-refractivity contribution is 0.461. The summed E-state index contributed by atoms with van der Waals surface area (Å²) >= 11 is 6.14. The smallest absolute Gasteiger partial charge is 0.238 e. The Kier molecular flexibility index (Phi) is 3.69. The zero-order chi connectivity index (χ0) is 15.0. The van der Waals surface area contributed by atoms with Gasteiger partial charge >= 0.3 is 0 Å². The third-order valence-corrected chi connectivity index (χ3v) is 4.89. The van der Waals surface area contributed by atoms with Crippen LogP contribution in [0.2, 0.25) is 5.02 Å². The van der Waals surface area contributed by atoms with Crippen molar-refractivity contribution in [3.8, 4) is 0 Å². The Balaban J connectivity index is 1.93. The van der Waals surface area contributed by atoms with Gasteiger partial charge in [0.05, 0.1) is 27.9 Å². The topological polar surface area (TPSA) is 85.3 Å². The zero-order valence-corrected chi connectivity index (χ0v) is 12.7. The molecule has 1 heterocycles. The molecule has 0 saturated carbocycles. The minimum atomic E-state index is -3.75. The summed E-state index contributed by atoms with van der Waals surface area (Å²) in [5.41, 5.74) is 1.65. The summed E-state index contributed by atoms with van der Waals surface area (Å²) in [5.74, 6) is 0.970. The van der Waals surface area contributed by atoms with Crippen molar-refractivity contribution in [3.05, 3.63) is 46.9 Å². The number of hydrogen-bond donors (Lipinski definition) is 2. The van der Waals surface area contributed by atoms with E-state index in [9.17, 15) is 8.42 Å². The summed E-state index contributed by atoms with van der Waals surface area (Å²) < 4.78 is 28.3. The van der Waals surface area contributed by atoms with Crippen LogP contribution in [0.3, 0.4) is 0 Å². The molecule has 1 aromatic heterocycles. The van der Waals surface area contributed by atoms with Gasteiger partial charge in [-0.05, 0) is 37.1 Å². The number of anilines is 1. The van der Waals surface area contributed by atoms with Crippen LogP contribution in [0.25, 0.3) is 0 Å². The molecule has 0 radical (unpaired) electrons. The van der Waals surface area contributed by atoms with Crippen molar-refractivity contribution in [3.63, 3.8) is 0 Å². The van der Waals surface area contributed by atoms with E-state index < -0.39 is 10.0 Å². The van der Waals surface area contributed by atoms with E-state index in [0.717, 1.165) is 30.6 Å². The van der Waals surface area contributed by atoms with Crippen LogP contribution in [0.15, 0.2) is 39.8 Å². The molecule has 0 saturated heterocycles. The van der Waals surface area contributed by atoms with Crippen molar-refractivity contribution < 1.29 is 12.8 Å². The summed E-state index contributed by atoms with van der Waals surface area (Å²) in [4.78, 5) is 0.0395. The van der Waals surface area contributed by atoms with E-state index in [1.54, 1.807) is 6.26 Å². The van der Waals surface area contributed by atoms with Gasteiger partial charge in [0, 0.05) is 12.0 Å². The minimum absolute atomic E-state index is 0.0395. The number of nitrogens with one attached hydrogen (secondary N) is 1. The monoisotopic (exact) mass is 326 g/mol. The molecule has 1 aliphatic rings. The van der Waals surface area contributed by atoms with Gasteiger partial charge in [0.15, 0.2) is 0 Å². The number of benzene rings is 1. The molecule has 1 aliphatic carbocycles. The van der Waals surface area contributed by atoms with Crippen molar-refractivity contribution in [2.75, 3.05) is 5.32 Å². The quantitative estimate of drug-likeness (QED) is 0.907. The van der Waals surface area contributed by atoms with E-state index in [2.05, 4.69) is 5.32 Å². The van der Waals surface area contributed by atoms with Crippen molar-refractivity contribution >= 4 is 27.3 Å². The van der Waals surface area contributed by atoms with Gasteiger partial charge in [0.2, 0.25) is 10.0 Å². The average molecular weight is 327 g/mol. The molecule has 0 bridgehead atoms. The predicted molar refractivity (Wildman–Crippen MR) is 80.8 cm³/mol. The lowest BCUT2D eigenvalue weighted by atomic mass is 9.93. The molecule has 2 aromatic rings. The normalized spacial score (nSPS) is 18.3. The van der Waals surface area contributed by atoms with Gasteiger partial charge in [-0.3, -0.25) is 0 Å². The lowest BCUT2D eigenvalue weighted by Gasteiger charge is -2.24. The highest BCUT2D eigenvalue weighted by Gasteiger charge is 2.23. The highest BCUT2D eigenvalue weighted by Crippen LogP contribution is 2.35. The zero-order valence-electron chi connectivity index (χ0n) is 11.2. The summed E-state index contributed by atoms with van der Waals surface area (Å²) in [7, 11) is -3.75. The molecule has 0 spiro atoms. The Morgan fingerprint density at radius 2 is 2.14 bits per heavy atom. The van der Waals surface area contributed by atoms with E-state index in [0.29, 0.717) is 10.7 Å². The lowest BCUT2D eigenvalue weighted by Crippen LogP contribution is -2.17. The Bertz CT molecular complexity index is 770. The molecule has 7 heteroatoms. The van der Waals surface area contributed by atoms with Gasteiger partial charge in [-0.2, -0.15) is 0 Å². The van der Waals surface area contributed by atoms with Gasteiger partial charge in [-0.1, -0.05) is 11.6 Å². The Hall–Kier alpha value is -1.50. The second kappa shape index (κ2) is 5.36.